The van der Waals surface area contributed by atoms with E-state index in [0.29, 0.717) is 25.2 Å². The largest absolute Gasteiger partial charge is 0.481 e. The van der Waals surface area contributed by atoms with Gasteiger partial charge in [0.2, 0.25) is 0 Å². The number of halogens is 1. The van der Waals surface area contributed by atoms with Crippen LogP contribution in [0.3, 0.4) is 0 Å². The highest BCUT2D eigenvalue weighted by Gasteiger charge is 2.33. The van der Waals surface area contributed by atoms with Crippen molar-refractivity contribution < 1.29 is 14.3 Å². The third-order valence-corrected chi connectivity index (χ3v) is 2.10. The minimum Gasteiger partial charge on any atom is -0.481 e. The molecule has 0 bridgehead atoms. The molecule has 0 spiro atoms. The van der Waals surface area contributed by atoms with Gasteiger partial charge in [0.1, 0.15) is 0 Å². The molecule has 1 aliphatic rings. The Hall–Kier alpha value is -0.600. The summed E-state index contributed by atoms with van der Waals surface area (Å²) in [6.45, 7) is -0.309. The zero-order valence-electron chi connectivity index (χ0n) is 5.72. The summed E-state index contributed by atoms with van der Waals surface area (Å²) in [4.78, 5) is 10.2. The summed E-state index contributed by atoms with van der Waals surface area (Å²) in [5.74, 6) is -0.572. The molecule has 1 aliphatic carbocycles. The molecule has 58 valence electrons. The maximum Gasteiger partial charge on any atom is 0.306 e. The van der Waals surface area contributed by atoms with Gasteiger partial charge in [-0.05, 0) is 25.2 Å². The van der Waals surface area contributed by atoms with Crippen LogP contribution in [0, 0.1) is 11.8 Å². The van der Waals surface area contributed by atoms with Gasteiger partial charge in [-0.25, -0.2) is 0 Å². The lowest BCUT2D eigenvalue weighted by Gasteiger charge is -2.31. The van der Waals surface area contributed by atoms with Gasteiger partial charge in [0, 0.05) is 0 Å². The van der Waals surface area contributed by atoms with Crippen LogP contribution in [0.2, 0.25) is 0 Å². The third kappa shape index (κ3) is 1.46. The maximum absolute atomic E-state index is 11.6. The normalized spacial score (nSPS) is 31.3. The van der Waals surface area contributed by atoms with Crippen molar-refractivity contribution in [2.45, 2.75) is 19.3 Å². The van der Waals surface area contributed by atoms with Crippen LogP contribution >= 0.6 is 0 Å². The molecule has 0 heterocycles. The van der Waals surface area contributed by atoms with Gasteiger partial charge in [0.15, 0.2) is 0 Å². The topological polar surface area (TPSA) is 37.3 Å². The van der Waals surface area contributed by atoms with Crippen LogP contribution in [0.25, 0.3) is 0 Å². The predicted octanol–water partition coefficient (Wildman–Crippen LogP) is 1.46. The van der Waals surface area contributed by atoms with E-state index in [4.69, 9.17) is 5.11 Å². The van der Waals surface area contributed by atoms with Crippen molar-refractivity contribution in [3.8, 4) is 0 Å². The molecule has 0 aromatic carbocycles. The fourth-order valence-corrected chi connectivity index (χ4v) is 1.33. The Bertz CT molecular complexity index is 130. The molecule has 10 heavy (non-hydrogen) atoms. The summed E-state index contributed by atoms with van der Waals surface area (Å²) < 4.78 is 11.6. The second kappa shape index (κ2) is 2.99. The average Bonchev–Trinajstić information content (AvgIpc) is 1.76. The molecule has 0 aliphatic heterocycles. The fourth-order valence-electron chi connectivity index (χ4n) is 1.33. The standard InChI is InChI=1S/C7H11FO2/c8-2-1-5-3-6(4-5)7(9)10/h5-6H,1-4H2,(H,9,10). The predicted molar refractivity (Wildman–Crippen MR) is 34.4 cm³/mol. The number of aliphatic carboxylic acids is 1. The second-order valence-electron chi connectivity index (χ2n) is 2.85. The summed E-state index contributed by atoms with van der Waals surface area (Å²) >= 11 is 0. The van der Waals surface area contributed by atoms with E-state index in [2.05, 4.69) is 0 Å². The third-order valence-electron chi connectivity index (χ3n) is 2.10. The Labute approximate surface area is 59.0 Å². The van der Waals surface area contributed by atoms with Gasteiger partial charge in [-0.15, -0.1) is 0 Å². The number of hydrogen-bond donors (Lipinski definition) is 1. The zero-order valence-corrected chi connectivity index (χ0v) is 5.72. The Kier molecular flexibility index (Phi) is 2.25. The molecule has 0 aromatic heterocycles. The second-order valence-corrected chi connectivity index (χ2v) is 2.85. The molecular formula is C7H11FO2. The lowest BCUT2D eigenvalue weighted by Crippen LogP contribution is -2.30. The number of carbonyl (C=O) groups is 1. The summed E-state index contributed by atoms with van der Waals surface area (Å²) in [5, 5.41) is 8.43. The van der Waals surface area contributed by atoms with Gasteiger partial charge in [-0.2, -0.15) is 0 Å². The van der Waals surface area contributed by atoms with Crippen LogP contribution in [0.5, 0.6) is 0 Å². The molecule has 3 heteroatoms. The van der Waals surface area contributed by atoms with E-state index in [0.717, 1.165) is 0 Å². The average molecular weight is 146 g/mol. The number of carboxylic acid groups (broad SMARTS) is 1. The van der Waals surface area contributed by atoms with Crippen molar-refractivity contribution in [1.82, 2.24) is 0 Å². The molecule has 1 saturated carbocycles. The fraction of sp³-hybridized carbons (Fsp3) is 0.857. The van der Waals surface area contributed by atoms with Crippen LogP contribution in [-0.2, 0) is 4.79 Å². The Morgan fingerprint density at radius 1 is 1.60 bits per heavy atom. The minimum atomic E-state index is -0.727. The molecule has 0 radical (unpaired) electrons. The van der Waals surface area contributed by atoms with Gasteiger partial charge >= 0.3 is 5.97 Å². The number of rotatable bonds is 3. The molecule has 0 atom stereocenters. The van der Waals surface area contributed by atoms with Crippen molar-refractivity contribution in [2.24, 2.45) is 11.8 Å². The maximum atomic E-state index is 11.6. The SMILES string of the molecule is O=C(O)C1CC(CCF)C1. The van der Waals surface area contributed by atoms with Gasteiger partial charge in [0.25, 0.3) is 0 Å². The first-order valence-electron chi connectivity index (χ1n) is 3.52. The van der Waals surface area contributed by atoms with E-state index in [1.807, 2.05) is 0 Å². The molecule has 1 N–H and O–H groups in total. The van der Waals surface area contributed by atoms with Crippen molar-refractivity contribution in [1.29, 1.82) is 0 Å². The van der Waals surface area contributed by atoms with Crippen LogP contribution in [0.15, 0.2) is 0 Å². The molecule has 0 aromatic rings. The lowest BCUT2D eigenvalue weighted by molar-refractivity contribution is -0.146. The van der Waals surface area contributed by atoms with E-state index < -0.39 is 5.97 Å². The van der Waals surface area contributed by atoms with Gasteiger partial charge in [-0.3, -0.25) is 9.18 Å². The monoisotopic (exact) mass is 146 g/mol. The summed E-state index contributed by atoms with van der Waals surface area (Å²) in [6, 6.07) is 0. The Balaban J connectivity index is 2.12. The number of hydrogen-bond acceptors (Lipinski definition) is 1. The van der Waals surface area contributed by atoms with E-state index in [1.54, 1.807) is 0 Å². The quantitative estimate of drug-likeness (QED) is 0.654. The molecule has 1 rings (SSSR count). The van der Waals surface area contributed by atoms with E-state index >= 15 is 0 Å². The first-order valence-corrected chi connectivity index (χ1v) is 3.52. The van der Waals surface area contributed by atoms with E-state index in [9.17, 15) is 9.18 Å². The first-order chi connectivity index (χ1) is 4.74. The van der Waals surface area contributed by atoms with Crippen LogP contribution in [0.4, 0.5) is 4.39 Å². The highest BCUT2D eigenvalue weighted by Crippen LogP contribution is 2.35. The first kappa shape index (κ1) is 7.51. The molecule has 2 nitrogen and oxygen atoms in total. The highest BCUT2D eigenvalue weighted by molar-refractivity contribution is 5.71. The van der Waals surface area contributed by atoms with Gasteiger partial charge < -0.3 is 5.11 Å². The van der Waals surface area contributed by atoms with E-state index in [-0.39, 0.29) is 12.6 Å². The highest BCUT2D eigenvalue weighted by atomic mass is 19.1. The Morgan fingerprint density at radius 3 is 2.60 bits per heavy atom. The zero-order chi connectivity index (χ0) is 7.56. The summed E-state index contributed by atoms with van der Waals surface area (Å²) in [6.07, 6.45) is 1.91. The smallest absolute Gasteiger partial charge is 0.306 e. The van der Waals surface area contributed by atoms with Crippen LogP contribution in [0.1, 0.15) is 19.3 Å². The van der Waals surface area contributed by atoms with Gasteiger partial charge in [-0.1, -0.05) is 0 Å². The van der Waals surface area contributed by atoms with Crippen molar-refractivity contribution in [3.05, 3.63) is 0 Å². The minimum absolute atomic E-state index is 0.184. The van der Waals surface area contributed by atoms with Crippen LogP contribution < -0.4 is 0 Å². The van der Waals surface area contributed by atoms with Crippen molar-refractivity contribution in [2.75, 3.05) is 6.67 Å². The molecule has 0 saturated heterocycles. The number of carboxylic acids is 1. The van der Waals surface area contributed by atoms with Crippen LogP contribution in [-0.4, -0.2) is 17.8 Å². The Morgan fingerprint density at radius 2 is 2.20 bits per heavy atom. The van der Waals surface area contributed by atoms with Crippen molar-refractivity contribution in [3.63, 3.8) is 0 Å². The number of alkyl halides is 1. The molecule has 1 fully saturated rings. The van der Waals surface area contributed by atoms with E-state index in [1.165, 1.54) is 0 Å². The summed E-state index contributed by atoms with van der Waals surface area (Å²) in [7, 11) is 0. The lowest BCUT2D eigenvalue weighted by atomic mass is 9.73. The molecule has 0 amide bonds. The molecular weight excluding hydrogens is 135 g/mol. The van der Waals surface area contributed by atoms with Crippen molar-refractivity contribution >= 4 is 5.97 Å². The summed E-state index contributed by atoms with van der Waals surface area (Å²) in [5.41, 5.74) is 0. The van der Waals surface area contributed by atoms with Gasteiger partial charge in [0.05, 0.1) is 12.6 Å². The molecule has 0 unspecified atom stereocenters.